The zero-order chi connectivity index (χ0) is 19.4. The van der Waals surface area contributed by atoms with E-state index >= 15 is 0 Å². The van der Waals surface area contributed by atoms with Gasteiger partial charge in [0.2, 0.25) is 0 Å². The van der Waals surface area contributed by atoms with E-state index in [1.165, 1.54) is 23.5 Å². The predicted molar refractivity (Wildman–Crippen MR) is 109 cm³/mol. The van der Waals surface area contributed by atoms with E-state index in [-0.39, 0.29) is 10.8 Å². The first-order valence-corrected chi connectivity index (χ1v) is 10.6. The van der Waals surface area contributed by atoms with E-state index in [1.54, 1.807) is 59.7 Å². The molecule has 1 aromatic heterocycles. The fourth-order valence-corrected chi connectivity index (χ4v) is 4.65. The van der Waals surface area contributed by atoms with E-state index in [0.29, 0.717) is 17.8 Å². The molecule has 3 rings (SSSR count). The van der Waals surface area contributed by atoms with Crippen molar-refractivity contribution < 1.29 is 13.2 Å². The number of para-hydroxylation sites is 1. The van der Waals surface area contributed by atoms with Crippen LogP contribution in [-0.2, 0) is 16.6 Å². The number of nitrogens with zero attached hydrogens (tertiary/aromatic N) is 2. The molecule has 0 atom stereocenters. The molecule has 5 nitrogen and oxygen atoms in total. The molecule has 27 heavy (non-hydrogen) atoms. The standard InChI is InChI=1S/C20H20N2O3S2/c1-21(15-18-11-7-13-26-18)20(23)16-8-6-12-19(14-16)27(24,25)22(2)17-9-4-3-5-10-17/h3-14H,15H2,1-2H3. The van der Waals surface area contributed by atoms with Crippen molar-refractivity contribution in [2.45, 2.75) is 11.4 Å². The Kier molecular flexibility index (Phi) is 5.62. The SMILES string of the molecule is CN(Cc1cccs1)C(=O)c1cccc(S(=O)(=O)N(C)c2ccccc2)c1. The van der Waals surface area contributed by atoms with Crippen LogP contribution in [0.4, 0.5) is 5.69 Å². The van der Waals surface area contributed by atoms with Gasteiger partial charge in [0.25, 0.3) is 15.9 Å². The molecule has 7 heteroatoms. The molecule has 0 saturated heterocycles. The Morgan fingerprint density at radius 2 is 1.70 bits per heavy atom. The van der Waals surface area contributed by atoms with Gasteiger partial charge in [-0.1, -0.05) is 30.3 Å². The number of rotatable bonds is 6. The zero-order valence-corrected chi connectivity index (χ0v) is 16.7. The number of anilines is 1. The number of sulfonamides is 1. The van der Waals surface area contributed by atoms with Crippen molar-refractivity contribution in [1.29, 1.82) is 0 Å². The van der Waals surface area contributed by atoms with Gasteiger partial charge in [0.05, 0.1) is 17.1 Å². The van der Waals surface area contributed by atoms with E-state index in [4.69, 9.17) is 0 Å². The van der Waals surface area contributed by atoms with Gasteiger partial charge in [-0.15, -0.1) is 11.3 Å². The van der Waals surface area contributed by atoms with Crippen LogP contribution in [-0.4, -0.2) is 33.3 Å². The third-order valence-corrected chi connectivity index (χ3v) is 6.82. The van der Waals surface area contributed by atoms with Gasteiger partial charge in [0, 0.05) is 24.5 Å². The second-order valence-corrected chi connectivity index (χ2v) is 9.08. The maximum atomic E-state index is 12.9. The van der Waals surface area contributed by atoms with Crippen molar-refractivity contribution in [2.24, 2.45) is 0 Å². The van der Waals surface area contributed by atoms with Gasteiger partial charge in [0.1, 0.15) is 0 Å². The minimum atomic E-state index is -3.76. The molecule has 0 fully saturated rings. The van der Waals surface area contributed by atoms with E-state index in [9.17, 15) is 13.2 Å². The normalized spacial score (nSPS) is 11.2. The summed E-state index contributed by atoms with van der Waals surface area (Å²) in [4.78, 5) is 15.4. The molecule has 0 N–H and O–H groups in total. The van der Waals surface area contributed by atoms with Gasteiger partial charge in [0.15, 0.2) is 0 Å². The topological polar surface area (TPSA) is 57.7 Å². The lowest BCUT2D eigenvalue weighted by atomic mass is 10.2. The summed E-state index contributed by atoms with van der Waals surface area (Å²) in [6.45, 7) is 0.484. The number of amides is 1. The van der Waals surface area contributed by atoms with Crippen molar-refractivity contribution >= 4 is 33.0 Å². The summed E-state index contributed by atoms with van der Waals surface area (Å²) in [5, 5.41) is 1.96. The van der Waals surface area contributed by atoms with Crippen molar-refractivity contribution in [3.63, 3.8) is 0 Å². The number of hydrogen-bond acceptors (Lipinski definition) is 4. The second kappa shape index (κ2) is 7.94. The monoisotopic (exact) mass is 400 g/mol. The molecule has 0 bridgehead atoms. The Morgan fingerprint density at radius 1 is 0.963 bits per heavy atom. The average molecular weight is 401 g/mol. The lowest BCUT2D eigenvalue weighted by molar-refractivity contribution is 0.0786. The highest BCUT2D eigenvalue weighted by atomic mass is 32.2. The molecule has 2 aromatic carbocycles. The molecule has 1 amide bonds. The largest absolute Gasteiger partial charge is 0.337 e. The third kappa shape index (κ3) is 4.20. The third-order valence-electron chi connectivity index (χ3n) is 4.18. The van der Waals surface area contributed by atoms with Gasteiger partial charge >= 0.3 is 0 Å². The van der Waals surface area contributed by atoms with E-state index in [2.05, 4.69) is 0 Å². The summed E-state index contributed by atoms with van der Waals surface area (Å²) in [7, 11) is -0.549. The molecule has 0 radical (unpaired) electrons. The van der Waals surface area contributed by atoms with Crippen LogP contribution < -0.4 is 4.31 Å². The Hall–Kier alpha value is -2.64. The molecule has 0 aliphatic carbocycles. The fourth-order valence-electron chi connectivity index (χ4n) is 2.65. The second-order valence-electron chi connectivity index (χ2n) is 6.08. The number of carbonyl (C=O) groups excluding carboxylic acids is 1. The fraction of sp³-hybridized carbons (Fsp3) is 0.150. The van der Waals surface area contributed by atoms with Crippen LogP contribution in [0.3, 0.4) is 0 Å². The molecule has 0 unspecified atom stereocenters. The summed E-state index contributed by atoms with van der Waals surface area (Å²) in [6, 6.07) is 18.9. The van der Waals surface area contributed by atoms with E-state index in [0.717, 1.165) is 4.88 Å². The molecule has 0 aliphatic heterocycles. The summed E-state index contributed by atoms with van der Waals surface area (Å²) in [5.41, 5.74) is 0.903. The molecule has 1 heterocycles. The highest BCUT2D eigenvalue weighted by Crippen LogP contribution is 2.23. The summed E-state index contributed by atoms with van der Waals surface area (Å²) in [6.07, 6.45) is 0. The smallest absolute Gasteiger partial charge is 0.264 e. The van der Waals surface area contributed by atoms with Crippen LogP contribution in [0.15, 0.2) is 77.0 Å². The first-order valence-electron chi connectivity index (χ1n) is 8.31. The first-order chi connectivity index (χ1) is 12.9. The highest BCUT2D eigenvalue weighted by molar-refractivity contribution is 7.92. The summed E-state index contributed by atoms with van der Waals surface area (Å²) in [5.74, 6) is -0.220. The molecule has 0 saturated carbocycles. The van der Waals surface area contributed by atoms with Gasteiger partial charge in [-0.05, 0) is 41.8 Å². The Bertz CT molecular complexity index is 1020. The van der Waals surface area contributed by atoms with Crippen LogP contribution in [0, 0.1) is 0 Å². The average Bonchev–Trinajstić information content (AvgIpc) is 3.20. The van der Waals surface area contributed by atoms with Gasteiger partial charge < -0.3 is 4.90 Å². The maximum absolute atomic E-state index is 12.9. The quantitative estimate of drug-likeness (QED) is 0.632. The predicted octanol–water partition coefficient (Wildman–Crippen LogP) is 3.85. The van der Waals surface area contributed by atoms with E-state index < -0.39 is 10.0 Å². The van der Waals surface area contributed by atoms with Crippen LogP contribution in [0.5, 0.6) is 0 Å². The van der Waals surface area contributed by atoms with Gasteiger partial charge in [-0.3, -0.25) is 9.10 Å². The summed E-state index contributed by atoms with van der Waals surface area (Å²) < 4.78 is 27.1. The van der Waals surface area contributed by atoms with Crippen LogP contribution in [0.1, 0.15) is 15.2 Å². The number of carbonyl (C=O) groups is 1. The van der Waals surface area contributed by atoms with Gasteiger partial charge in [-0.2, -0.15) is 0 Å². The molecule has 0 spiro atoms. The lowest BCUT2D eigenvalue weighted by Gasteiger charge is -2.20. The van der Waals surface area contributed by atoms with E-state index in [1.807, 2.05) is 23.6 Å². The number of thiophene rings is 1. The van der Waals surface area contributed by atoms with Crippen molar-refractivity contribution in [3.05, 3.63) is 82.6 Å². The van der Waals surface area contributed by atoms with Crippen LogP contribution in [0.2, 0.25) is 0 Å². The number of hydrogen-bond donors (Lipinski definition) is 0. The van der Waals surface area contributed by atoms with Crippen LogP contribution >= 0.6 is 11.3 Å². The first kappa shape index (κ1) is 19.1. The highest BCUT2D eigenvalue weighted by Gasteiger charge is 2.23. The Balaban J connectivity index is 1.85. The van der Waals surface area contributed by atoms with Crippen molar-refractivity contribution in [2.75, 3.05) is 18.4 Å². The molecule has 140 valence electrons. The molecular formula is C20H20N2O3S2. The minimum absolute atomic E-state index is 0.0872. The number of benzene rings is 2. The lowest BCUT2D eigenvalue weighted by Crippen LogP contribution is -2.28. The van der Waals surface area contributed by atoms with Gasteiger partial charge in [-0.25, -0.2) is 8.42 Å². The van der Waals surface area contributed by atoms with Crippen LogP contribution in [0.25, 0.3) is 0 Å². The molecular weight excluding hydrogens is 380 g/mol. The summed E-state index contributed by atoms with van der Waals surface area (Å²) >= 11 is 1.58. The Morgan fingerprint density at radius 3 is 2.37 bits per heavy atom. The zero-order valence-electron chi connectivity index (χ0n) is 15.1. The minimum Gasteiger partial charge on any atom is -0.337 e. The van der Waals surface area contributed by atoms with Crippen molar-refractivity contribution in [1.82, 2.24) is 4.90 Å². The van der Waals surface area contributed by atoms with Crippen molar-refractivity contribution in [3.8, 4) is 0 Å². The molecule has 0 aliphatic rings. The Labute approximate surface area is 163 Å². The molecule has 3 aromatic rings. The maximum Gasteiger partial charge on any atom is 0.264 e.